The molecule has 0 aromatic heterocycles. The Hall–Kier alpha value is -1.13. The number of rotatable bonds is 4. The van der Waals surface area contributed by atoms with Crippen LogP contribution in [0.2, 0.25) is 0 Å². The molecule has 0 aromatic carbocycles. The molecule has 2 saturated carbocycles. The van der Waals surface area contributed by atoms with E-state index >= 15 is 0 Å². The molecular formula is C24H36O4. The van der Waals surface area contributed by atoms with Crippen molar-refractivity contribution in [1.29, 1.82) is 0 Å². The van der Waals surface area contributed by atoms with E-state index in [1.54, 1.807) is 0 Å². The van der Waals surface area contributed by atoms with Gasteiger partial charge < -0.3 is 15.3 Å². The van der Waals surface area contributed by atoms with E-state index in [0.717, 1.165) is 38.5 Å². The lowest BCUT2D eigenvalue weighted by Gasteiger charge is -2.54. The van der Waals surface area contributed by atoms with E-state index < -0.39 is 12.1 Å². The molecule has 156 valence electrons. The first-order valence-electron chi connectivity index (χ1n) is 11.2. The van der Waals surface area contributed by atoms with Crippen molar-refractivity contribution in [2.75, 3.05) is 0 Å². The first-order valence-corrected chi connectivity index (χ1v) is 11.2. The van der Waals surface area contributed by atoms with Crippen LogP contribution in [0.3, 0.4) is 0 Å². The van der Waals surface area contributed by atoms with E-state index in [1.165, 1.54) is 11.1 Å². The van der Waals surface area contributed by atoms with Crippen molar-refractivity contribution in [3.8, 4) is 0 Å². The third-order valence-corrected chi connectivity index (χ3v) is 9.16. The molecule has 4 nitrogen and oxygen atoms in total. The summed E-state index contributed by atoms with van der Waals surface area (Å²) in [5, 5.41) is 30.6. The second kappa shape index (κ2) is 6.98. The van der Waals surface area contributed by atoms with Gasteiger partial charge in [0.25, 0.3) is 0 Å². The molecule has 0 spiro atoms. The molecule has 4 rings (SSSR count). The highest BCUT2D eigenvalue weighted by Gasteiger charge is 2.58. The van der Waals surface area contributed by atoms with Crippen LogP contribution in [0.4, 0.5) is 0 Å². The van der Waals surface area contributed by atoms with Crippen molar-refractivity contribution in [3.05, 3.63) is 23.3 Å². The molecule has 2 fully saturated rings. The molecule has 0 unspecified atom stereocenters. The van der Waals surface area contributed by atoms with Gasteiger partial charge in [-0.15, -0.1) is 0 Å². The molecule has 28 heavy (non-hydrogen) atoms. The quantitative estimate of drug-likeness (QED) is 0.670. The van der Waals surface area contributed by atoms with Crippen molar-refractivity contribution in [2.45, 2.75) is 84.3 Å². The third kappa shape index (κ3) is 2.90. The Morgan fingerprint density at radius 2 is 2.00 bits per heavy atom. The van der Waals surface area contributed by atoms with Crippen LogP contribution in [-0.4, -0.2) is 33.5 Å². The van der Waals surface area contributed by atoms with Crippen molar-refractivity contribution in [2.24, 2.45) is 34.5 Å². The number of carboxylic acid groups (broad SMARTS) is 1. The topological polar surface area (TPSA) is 77.8 Å². The van der Waals surface area contributed by atoms with Gasteiger partial charge in [0.15, 0.2) is 0 Å². The molecule has 4 aliphatic carbocycles. The zero-order chi connectivity index (χ0) is 20.3. The second-order valence-corrected chi connectivity index (χ2v) is 10.5. The first kappa shape index (κ1) is 20.2. The highest BCUT2D eigenvalue weighted by Crippen LogP contribution is 2.64. The van der Waals surface area contributed by atoms with Crippen LogP contribution in [0.5, 0.6) is 0 Å². The lowest BCUT2D eigenvalue weighted by molar-refractivity contribution is -0.137. The van der Waals surface area contributed by atoms with Crippen molar-refractivity contribution in [1.82, 2.24) is 0 Å². The Labute approximate surface area is 168 Å². The van der Waals surface area contributed by atoms with E-state index in [2.05, 4.69) is 32.9 Å². The lowest BCUT2D eigenvalue weighted by atomic mass is 9.51. The van der Waals surface area contributed by atoms with Gasteiger partial charge in [0.05, 0.1) is 12.2 Å². The van der Waals surface area contributed by atoms with Crippen molar-refractivity contribution in [3.63, 3.8) is 0 Å². The Balaban J connectivity index is 1.65. The standard InChI is InChI=1S/C24H36O4/c1-14(4-9-22(27)28)18-7-8-19-17-6-5-15-12-16(25)10-11-23(15,2)20(17)13-21(26)24(18,19)3/h6,13-16,18-19,21,25-26H,4-5,7-12H2,1-3H3,(H,27,28)/t14-,15-,16-,18-,19+,21+,23+,24-/m1/s1. The Morgan fingerprint density at radius 1 is 1.25 bits per heavy atom. The van der Waals surface area contributed by atoms with Crippen molar-refractivity contribution < 1.29 is 20.1 Å². The van der Waals surface area contributed by atoms with E-state index in [0.29, 0.717) is 30.1 Å². The minimum absolute atomic E-state index is 0.0681. The zero-order valence-electron chi connectivity index (χ0n) is 17.5. The number of aliphatic carboxylic acids is 1. The summed E-state index contributed by atoms with van der Waals surface area (Å²) >= 11 is 0. The molecular weight excluding hydrogens is 352 g/mol. The summed E-state index contributed by atoms with van der Waals surface area (Å²) < 4.78 is 0. The van der Waals surface area contributed by atoms with Gasteiger partial charge in [0.2, 0.25) is 0 Å². The molecule has 0 aromatic rings. The molecule has 0 bridgehead atoms. The van der Waals surface area contributed by atoms with Gasteiger partial charge in [-0.3, -0.25) is 4.79 Å². The maximum absolute atomic E-state index is 11.4. The molecule has 0 saturated heterocycles. The van der Waals surface area contributed by atoms with Crippen LogP contribution in [0.15, 0.2) is 23.3 Å². The summed E-state index contributed by atoms with van der Waals surface area (Å²) in [7, 11) is 0. The summed E-state index contributed by atoms with van der Waals surface area (Å²) in [6, 6.07) is 0. The summed E-state index contributed by atoms with van der Waals surface area (Å²) in [6.07, 6.45) is 10.7. The number of hydrogen-bond donors (Lipinski definition) is 3. The summed E-state index contributed by atoms with van der Waals surface area (Å²) in [5.41, 5.74) is 2.67. The van der Waals surface area contributed by atoms with E-state index in [1.807, 2.05) is 0 Å². The number of allylic oxidation sites excluding steroid dienone is 3. The van der Waals surface area contributed by atoms with Gasteiger partial charge >= 0.3 is 5.97 Å². The van der Waals surface area contributed by atoms with Gasteiger partial charge in [0, 0.05) is 11.8 Å². The maximum Gasteiger partial charge on any atom is 0.303 e. The number of carbonyl (C=O) groups is 1. The van der Waals surface area contributed by atoms with Gasteiger partial charge in [-0.25, -0.2) is 0 Å². The lowest BCUT2D eigenvalue weighted by Crippen LogP contribution is -2.50. The number of aliphatic hydroxyl groups excluding tert-OH is 2. The van der Waals surface area contributed by atoms with E-state index in [4.69, 9.17) is 5.11 Å². The average Bonchev–Trinajstić information content (AvgIpc) is 3.00. The molecule has 0 amide bonds. The summed E-state index contributed by atoms with van der Waals surface area (Å²) in [5.74, 6) is 0.752. The Kier molecular flexibility index (Phi) is 5.03. The number of carboxylic acids is 1. The molecule has 0 radical (unpaired) electrons. The predicted molar refractivity (Wildman–Crippen MR) is 109 cm³/mol. The minimum atomic E-state index is -0.730. The number of fused-ring (bicyclic) bond motifs is 5. The maximum atomic E-state index is 11.4. The number of aliphatic hydroxyl groups is 2. The Bertz CT molecular complexity index is 709. The fourth-order valence-corrected chi connectivity index (χ4v) is 7.34. The van der Waals surface area contributed by atoms with Crippen molar-refractivity contribution >= 4 is 5.97 Å². The third-order valence-electron chi connectivity index (χ3n) is 9.16. The number of hydrogen-bond acceptors (Lipinski definition) is 3. The second-order valence-electron chi connectivity index (χ2n) is 10.5. The summed E-state index contributed by atoms with van der Waals surface area (Å²) in [6.45, 7) is 6.76. The molecule has 8 atom stereocenters. The normalized spacial score (nSPS) is 46.0. The first-order chi connectivity index (χ1) is 13.2. The van der Waals surface area contributed by atoms with Crippen LogP contribution in [0.1, 0.15) is 72.1 Å². The predicted octanol–water partition coefficient (Wildman–Crippen LogP) is 4.32. The monoisotopic (exact) mass is 388 g/mol. The van der Waals surface area contributed by atoms with E-state index in [-0.39, 0.29) is 23.4 Å². The van der Waals surface area contributed by atoms with Crippen LogP contribution in [0.25, 0.3) is 0 Å². The fourth-order valence-electron chi connectivity index (χ4n) is 7.34. The Morgan fingerprint density at radius 3 is 2.71 bits per heavy atom. The van der Waals surface area contributed by atoms with Crippen LogP contribution in [-0.2, 0) is 4.79 Å². The van der Waals surface area contributed by atoms with Gasteiger partial charge in [-0.1, -0.05) is 32.9 Å². The summed E-state index contributed by atoms with van der Waals surface area (Å²) in [4.78, 5) is 11.0. The molecule has 3 N–H and O–H groups in total. The van der Waals surface area contributed by atoms with Crippen LogP contribution < -0.4 is 0 Å². The molecule has 4 aliphatic rings. The van der Waals surface area contributed by atoms with E-state index in [9.17, 15) is 15.0 Å². The van der Waals surface area contributed by atoms with Gasteiger partial charge in [-0.05, 0) is 85.2 Å². The average molecular weight is 389 g/mol. The largest absolute Gasteiger partial charge is 0.481 e. The molecule has 0 heterocycles. The minimum Gasteiger partial charge on any atom is -0.481 e. The molecule has 0 aliphatic heterocycles. The highest BCUT2D eigenvalue weighted by molar-refractivity contribution is 5.66. The van der Waals surface area contributed by atoms with Crippen LogP contribution in [0, 0.1) is 34.5 Å². The molecule has 4 heteroatoms. The highest BCUT2D eigenvalue weighted by atomic mass is 16.4. The zero-order valence-corrected chi connectivity index (χ0v) is 17.5. The smallest absolute Gasteiger partial charge is 0.303 e. The van der Waals surface area contributed by atoms with Gasteiger partial charge in [0.1, 0.15) is 0 Å². The van der Waals surface area contributed by atoms with Gasteiger partial charge in [-0.2, -0.15) is 0 Å². The fraction of sp³-hybridized carbons (Fsp3) is 0.792. The SMILES string of the molecule is C[C@H](CCC(=O)O)[C@H]1CC[C@H]2C3=CC[C@@H]4C[C@H](O)CC[C@]4(C)C3=C[C@H](O)[C@]12C. The van der Waals surface area contributed by atoms with Crippen LogP contribution >= 0.6 is 0 Å².